The van der Waals surface area contributed by atoms with Crippen LogP contribution in [0.4, 0.5) is 0 Å². The fraction of sp³-hybridized carbons (Fsp3) is 0.533. The van der Waals surface area contributed by atoms with Crippen molar-refractivity contribution in [2.75, 3.05) is 6.54 Å². The van der Waals surface area contributed by atoms with Crippen LogP contribution in [0, 0.1) is 6.92 Å². The zero-order chi connectivity index (χ0) is 15.1. The van der Waals surface area contributed by atoms with Gasteiger partial charge in [0.05, 0.1) is 6.04 Å². The number of hydrogen-bond acceptors (Lipinski definition) is 6. The molecule has 1 amide bonds. The lowest BCUT2D eigenvalue weighted by atomic mass is 10.2. The van der Waals surface area contributed by atoms with E-state index in [-0.39, 0.29) is 11.9 Å². The van der Waals surface area contributed by atoms with E-state index in [0.717, 1.165) is 25.7 Å². The summed E-state index contributed by atoms with van der Waals surface area (Å²) in [5.74, 6) is 2.27. The molecule has 2 aliphatic rings. The molecule has 114 valence electrons. The summed E-state index contributed by atoms with van der Waals surface area (Å²) >= 11 is 0. The number of aryl methyl sites for hydroxylation is 1. The van der Waals surface area contributed by atoms with Gasteiger partial charge in [-0.2, -0.15) is 4.98 Å². The highest BCUT2D eigenvalue weighted by molar-refractivity contribution is 5.92. The first-order valence-corrected chi connectivity index (χ1v) is 7.66. The lowest BCUT2D eigenvalue weighted by Gasteiger charge is -2.21. The third-order valence-electron chi connectivity index (χ3n) is 4.19. The van der Waals surface area contributed by atoms with Gasteiger partial charge in [0.1, 0.15) is 11.5 Å². The van der Waals surface area contributed by atoms with Crippen molar-refractivity contribution in [3.05, 3.63) is 35.5 Å². The van der Waals surface area contributed by atoms with E-state index in [0.29, 0.717) is 35.7 Å². The van der Waals surface area contributed by atoms with Crippen LogP contribution in [0.3, 0.4) is 0 Å². The first-order chi connectivity index (χ1) is 10.7. The van der Waals surface area contributed by atoms with Crippen molar-refractivity contribution in [1.29, 1.82) is 0 Å². The molecule has 0 N–H and O–H groups in total. The van der Waals surface area contributed by atoms with Gasteiger partial charge in [0.15, 0.2) is 5.82 Å². The van der Waals surface area contributed by atoms with Crippen molar-refractivity contribution in [3.63, 3.8) is 0 Å². The lowest BCUT2D eigenvalue weighted by Crippen LogP contribution is -2.31. The van der Waals surface area contributed by atoms with Crippen LogP contribution in [0.25, 0.3) is 0 Å². The number of hydrogen-bond donors (Lipinski definition) is 0. The minimum Gasteiger partial charge on any atom is -0.339 e. The van der Waals surface area contributed by atoms with Crippen LogP contribution in [0.5, 0.6) is 0 Å². The van der Waals surface area contributed by atoms with Gasteiger partial charge in [0.2, 0.25) is 5.89 Å². The fourth-order valence-electron chi connectivity index (χ4n) is 2.88. The van der Waals surface area contributed by atoms with E-state index in [1.165, 1.54) is 0 Å². The number of rotatable bonds is 3. The van der Waals surface area contributed by atoms with Crippen LogP contribution in [0.15, 0.2) is 16.8 Å². The highest BCUT2D eigenvalue weighted by Gasteiger charge is 2.36. The molecule has 1 saturated heterocycles. The Morgan fingerprint density at radius 2 is 2.18 bits per heavy atom. The van der Waals surface area contributed by atoms with E-state index in [4.69, 9.17) is 4.52 Å². The zero-order valence-corrected chi connectivity index (χ0v) is 12.4. The SMILES string of the molecule is Cc1nccc(C(=O)N2CCCC2c2noc(C3CC3)n2)n1. The van der Waals surface area contributed by atoms with Gasteiger partial charge >= 0.3 is 0 Å². The Balaban J connectivity index is 1.58. The first-order valence-electron chi connectivity index (χ1n) is 7.66. The maximum Gasteiger partial charge on any atom is 0.273 e. The van der Waals surface area contributed by atoms with E-state index < -0.39 is 0 Å². The molecule has 22 heavy (non-hydrogen) atoms. The van der Waals surface area contributed by atoms with Gasteiger partial charge in [-0.1, -0.05) is 5.16 Å². The second-order valence-corrected chi connectivity index (χ2v) is 5.91. The normalized spacial score (nSPS) is 21.3. The van der Waals surface area contributed by atoms with E-state index >= 15 is 0 Å². The van der Waals surface area contributed by atoms with E-state index in [9.17, 15) is 4.79 Å². The molecule has 2 aromatic heterocycles. The minimum atomic E-state index is -0.112. The zero-order valence-electron chi connectivity index (χ0n) is 12.4. The van der Waals surface area contributed by atoms with Crippen LogP contribution in [0.1, 0.15) is 65.7 Å². The van der Waals surface area contributed by atoms with Gasteiger partial charge in [-0.05, 0) is 38.7 Å². The summed E-state index contributed by atoms with van der Waals surface area (Å²) in [7, 11) is 0. The van der Waals surface area contributed by atoms with Crippen molar-refractivity contribution < 1.29 is 9.32 Å². The Bertz CT molecular complexity index is 709. The van der Waals surface area contributed by atoms with Crippen molar-refractivity contribution in [3.8, 4) is 0 Å². The lowest BCUT2D eigenvalue weighted by molar-refractivity contribution is 0.0722. The summed E-state index contributed by atoms with van der Waals surface area (Å²) < 4.78 is 5.33. The Labute approximate surface area is 127 Å². The minimum absolute atomic E-state index is 0.0919. The van der Waals surface area contributed by atoms with Crippen molar-refractivity contribution in [1.82, 2.24) is 25.0 Å². The van der Waals surface area contributed by atoms with E-state index in [1.807, 2.05) is 0 Å². The van der Waals surface area contributed by atoms with Crippen LogP contribution in [-0.2, 0) is 0 Å². The average Bonchev–Trinajstić information content (AvgIpc) is 3.07. The molecule has 0 bridgehead atoms. The second-order valence-electron chi connectivity index (χ2n) is 5.91. The molecular formula is C15H17N5O2. The van der Waals surface area contributed by atoms with Crippen LogP contribution in [-0.4, -0.2) is 37.5 Å². The molecule has 1 saturated carbocycles. The number of aromatic nitrogens is 4. The number of carbonyl (C=O) groups is 1. The molecular weight excluding hydrogens is 282 g/mol. The Kier molecular flexibility index (Phi) is 3.13. The summed E-state index contributed by atoms with van der Waals surface area (Å²) in [4.78, 5) is 27.2. The molecule has 0 aromatic carbocycles. The Morgan fingerprint density at radius 1 is 1.32 bits per heavy atom. The van der Waals surface area contributed by atoms with E-state index in [1.54, 1.807) is 24.1 Å². The van der Waals surface area contributed by atoms with Gasteiger partial charge in [0.25, 0.3) is 5.91 Å². The quantitative estimate of drug-likeness (QED) is 0.862. The van der Waals surface area contributed by atoms with Crippen molar-refractivity contribution >= 4 is 5.91 Å². The number of carbonyl (C=O) groups excluding carboxylic acids is 1. The predicted molar refractivity (Wildman–Crippen MR) is 76.1 cm³/mol. The van der Waals surface area contributed by atoms with Gasteiger partial charge in [-0.15, -0.1) is 0 Å². The average molecular weight is 299 g/mol. The Hall–Kier alpha value is -2.31. The first kappa shape index (κ1) is 13.4. The summed E-state index contributed by atoms with van der Waals surface area (Å²) in [6, 6.07) is 1.54. The maximum absolute atomic E-state index is 12.7. The topological polar surface area (TPSA) is 85.0 Å². The molecule has 1 atom stereocenters. The number of likely N-dealkylation sites (tertiary alicyclic amines) is 1. The standard InChI is InChI=1S/C15H17N5O2/c1-9-16-7-6-11(17-9)15(21)20-8-2-3-12(20)13-18-14(22-19-13)10-4-5-10/h6-7,10,12H,2-5,8H2,1H3. The summed E-state index contributed by atoms with van der Waals surface area (Å²) in [6.07, 6.45) is 5.65. The van der Waals surface area contributed by atoms with Crippen LogP contribution >= 0.6 is 0 Å². The molecule has 3 heterocycles. The van der Waals surface area contributed by atoms with Gasteiger partial charge < -0.3 is 9.42 Å². The van der Waals surface area contributed by atoms with Crippen LogP contribution in [0.2, 0.25) is 0 Å². The number of nitrogens with zero attached hydrogens (tertiary/aromatic N) is 5. The molecule has 2 fully saturated rings. The fourth-order valence-corrected chi connectivity index (χ4v) is 2.88. The van der Waals surface area contributed by atoms with E-state index in [2.05, 4.69) is 20.1 Å². The largest absolute Gasteiger partial charge is 0.339 e. The molecule has 4 rings (SSSR count). The van der Waals surface area contributed by atoms with Gasteiger partial charge in [0, 0.05) is 18.7 Å². The van der Waals surface area contributed by atoms with Gasteiger partial charge in [-0.25, -0.2) is 9.97 Å². The molecule has 1 aliphatic heterocycles. The molecule has 0 spiro atoms. The number of amides is 1. The third kappa shape index (κ3) is 2.36. The molecule has 1 aliphatic carbocycles. The maximum atomic E-state index is 12.7. The molecule has 7 nitrogen and oxygen atoms in total. The third-order valence-corrected chi connectivity index (χ3v) is 4.19. The highest BCUT2D eigenvalue weighted by atomic mass is 16.5. The summed E-state index contributed by atoms with van der Waals surface area (Å²) in [5, 5.41) is 4.09. The Morgan fingerprint density at radius 3 is 2.95 bits per heavy atom. The molecule has 0 radical (unpaired) electrons. The molecule has 1 unspecified atom stereocenters. The van der Waals surface area contributed by atoms with Crippen molar-refractivity contribution in [2.24, 2.45) is 0 Å². The summed E-state index contributed by atoms with van der Waals surface area (Å²) in [6.45, 7) is 2.47. The summed E-state index contributed by atoms with van der Waals surface area (Å²) in [5.41, 5.74) is 0.422. The van der Waals surface area contributed by atoms with Gasteiger partial charge in [-0.3, -0.25) is 4.79 Å². The molecule has 7 heteroatoms. The van der Waals surface area contributed by atoms with Crippen molar-refractivity contribution in [2.45, 2.75) is 44.6 Å². The smallest absolute Gasteiger partial charge is 0.273 e. The molecule has 2 aromatic rings. The predicted octanol–water partition coefficient (Wildman–Crippen LogP) is 2.02. The highest BCUT2D eigenvalue weighted by Crippen LogP contribution is 2.40. The monoisotopic (exact) mass is 299 g/mol. The second kappa shape index (κ2) is 5.15. The van der Waals surface area contributed by atoms with Crippen LogP contribution < -0.4 is 0 Å².